The van der Waals surface area contributed by atoms with Crippen molar-refractivity contribution in [3.63, 3.8) is 0 Å². The Morgan fingerprint density at radius 3 is 2.80 bits per heavy atom. The van der Waals surface area contributed by atoms with Gasteiger partial charge in [-0.2, -0.15) is 19.6 Å². The Hall–Kier alpha value is -6.50. The molecule has 4 N–H and O–H groups in total. The number of aliphatic hydroxyl groups is 1. The number of methoxy groups -OCH3 is 1. The van der Waals surface area contributed by atoms with E-state index in [2.05, 4.69) is 54.5 Å². The van der Waals surface area contributed by atoms with Crippen LogP contribution in [-0.4, -0.2) is 112 Å². The standard InChI is InChI=1S/C40H51N15O4/c1-6-26-20-44-55-32(17-33(47-36(26)55)54-14-8-7-9-29(54)12-16-56)42-19-27-18-41-13-10-31(27)59-23-25(2)38(57)45-28-11-15-53(21-28)40-48-35(34-37(49-40)51(3)24-43-34)46-30-22-52(4)50-39(30)58-5/h10,13,17-18,20,22,24,28-29,42,56H,2,6-9,11-12,14-16,19,21,23H2,1,3-5H3,(H,45,57)(H,46,48,49). The van der Waals surface area contributed by atoms with Crippen molar-refractivity contribution in [1.29, 1.82) is 0 Å². The number of hydrogen-bond acceptors (Lipinski definition) is 15. The summed E-state index contributed by atoms with van der Waals surface area (Å²) in [4.78, 5) is 41.4. The Morgan fingerprint density at radius 2 is 1.97 bits per heavy atom. The van der Waals surface area contributed by atoms with Crippen LogP contribution >= 0.6 is 0 Å². The number of hydrogen-bond donors (Lipinski definition) is 4. The molecule has 6 aromatic heterocycles. The second-order valence-electron chi connectivity index (χ2n) is 15.0. The number of amides is 1. The molecule has 19 nitrogen and oxygen atoms in total. The maximum absolute atomic E-state index is 13.4. The summed E-state index contributed by atoms with van der Waals surface area (Å²) < 4.78 is 17.0. The van der Waals surface area contributed by atoms with Crippen LogP contribution in [-0.2, 0) is 31.9 Å². The van der Waals surface area contributed by atoms with E-state index in [1.165, 1.54) is 0 Å². The summed E-state index contributed by atoms with van der Waals surface area (Å²) in [7, 11) is 5.26. The van der Waals surface area contributed by atoms with Gasteiger partial charge in [-0.25, -0.2) is 9.97 Å². The SMILES string of the molecule is C=C(COc1ccncc1CNc1cc(N2CCCCC2CCO)nc2c(CC)cnn12)C(=O)NC1CCN(c2nc(Nc3cn(C)nc3OC)c3ncn(C)c3n2)C1. The molecule has 2 fully saturated rings. The molecule has 0 saturated carbocycles. The minimum absolute atomic E-state index is 0.00371. The smallest absolute Gasteiger partial charge is 0.256 e. The number of aromatic nitrogens is 10. The molecule has 0 radical (unpaired) electrons. The third-order valence-electron chi connectivity index (χ3n) is 10.9. The van der Waals surface area contributed by atoms with Crippen molar-refractivity contribution in [3.8, 4) is 11.6 Å². The Labute approximate surface area is 341 Å². The summed E-state index contributed by atoms with van der Waals surface area (Å²) in [5.41, 5.74) is 4.90. The number of ether oxygens (including phenoxy) is 2. The number of aliphatic hydroxyl groups excluding tert-OH is 1. The summed E-state index contributed by atoms with van der Waals surface area (Å²) in [6.45, 7) is 8.72. The molecule has 2 aliphatic heterocycles. The minimum atomic E-state index is -0.283. The van der Waals surface area contributed by atoms with Gasteiger partial charge in [-0.15, -0.1) is 5.10 Å². The Kier molecular flexibility index (Phi) is 11.4. The number of anilines is 5. The molecule has 2 saturated heterocycles. The molecule has 0 aromatic carbocycles. The molecule has 6 aromatic rings. The van der Waals surface area contributed by atoms with Crippen LogP contribution < -0.4 is 35.2 Å². The monoisotopic (exact) mass is 805 g/mol. The van der Waals surface area contributed by atoms with E-state index in [1.807, 2.05) is 46.5 Å². The van der Waals surface area contributed by atoms with Gasteiger partial charge in [-0.1, -0.05) is 13.5 Å². The molecule has 2 aliphatic rings. The molecule has 19 heteroatoms. The van der Waals surface area contributed by atoms with Crippen LogP contribution in [0.5, 0.6) is 11.6 Å². The topological polar surface area (TPSA) is 203 Å². The van der Waals surface area contributed by atoms with E-state index >= 15 is 0 Å². The Balaban J connectivity index is 0.902. The van der Waals surface area contributed by atoms with Crippen LogP contribution in [0, 0.1) is 0 Å². The minimum Gasteiger partial charge on any atom is -0.488 e. The van der Waals surface area contributed by atoms with Gasteiger partial charge in [0.25, 0.3) is 5.88 Å². The Morgan fingerprint density at radius 1 is 1.08 bits per heavy atom. The van der Waals surface area contributed by atoms with Gasteiger partial charge < -0.3 is 44.9 Å². The number of carbonyl (C=O) groups excluding carboxylic acids is 1. The zero-order valence-electron chi connectivity index (χ0n) is 33.9. The molecule has 310 valence electrons. The summed E-state index contributed by atoms with van der Waals surface area (Å²) >= 11 is 0. The van der Waals surface area contributed by atoms with Crippen molar-refractivity contribution in [2.45, 2.75) is 64.1 Å². The molecule has 0 aliphatic carbocycles. The van der Waals surface area contributed by atoms with Gasteiger partial charge >= 0.3 is 0 Å². The van der Waals surface area contributed by atoms with E-state index in [0.717, 1.165) is 60.6 Å². The van der Waals surface area contributed by atoms with Crippen molar-refractivity contribution in [3.05, 3.63) is 66.5 Å². The first-order chi connectivity index (χ1) is 28.7. The summed E-state index contributed by atoms with van der Waals surface area (Å²) in [5.74, 6) is 3.44. The molecule has 59 heavy (non-hydrogen) atoms. The third kappa shape index (κ3) is 8.27. The first-order valence-electron chi connectivity index (χ1n) is 20.0. The number of fused-ring (bicyclic) bond motifs is 2. The highest BCUT2D eigenvalue weighted by molar-refractivity contribution is 5.93. The summed E-state index contributed by atoms with van der Waals surface area (Å²) in [6, 6.07) is 3.90. The predicted molar refractivity (Wildman–Crippen MR) is 223 cm³/mol. The van der Waals surface area contributed by atoms with Crippen LogP contribution in [0.3, 0.4) is 0 Å². The molecular weight excluding hydrogens is 755 g/mol. The lowest BCUT2D eigenvalue weighted by Crippen LogP contribution is -2.40. The fourth-order valence-electron chi connectivity index (χ4n) is 7.78. The zero-order chi connectivity index (χ0) is 41.0. The van der Waals surface area contributed by atoms with Crippen LogP contribution in [0.2, 0.25) is 0 Å². The second-order valence-corrected chi connectivity index (χ2v) is 15.0. The fourth-order valence-corrected chi connectivity index (χ4v) is 7.78. The second kappa shape index (κ2) is 17.2. The molecule has 2 unspecified atom stereocenters. The lowest BCUT2D eigenvalue weighted by molar-refractivity contribution is -0.118. The molecule has 0 bridgehead atoms. The van der Waals surface area contributed by atoms with E-state index in [9.17, 15) is 9.90 Å². The van der Waals surface area contributed by atoms with E-state index in [-0.39, 0.29) is 31.2 Å². The van der Waals surface area contributed by atoms with Gasteiger partial charge in [-0.05, 0) is 44.6 Å². The number of nitrogens with one attached hydrogen (secondary N) is 3. The molecule has 8 rings (SSSR count). The highest BCUT2D eigenvalue weighted by Gasteiger charge is 2.29. The van der Waals surface area contributed by atoms with Crippen molar-refractivity contribution in [2.75, 3.05) is 60.4 Å². The van der Waals surface area contributed by atoms with Crippen molar-refractivity contribution in [2.24, 2.45) is 14.1 Å². The van der Waals surface area contributed by atoms with Gasteiger partial charge in [0.2, 0.25) is 11.9 Å². The number of pyridine rings is 1. The van der Waals surface area contributed by atoms with Crippen molar-refractivity contribution >= 4 is 51.8 Å². The molecule has 2 atom stereocenters. The largest absolute Gasteiger partial charge is 0.488 e. The first kappa shape index (κ1) is 39.3. The normalized spacial score (nSPS) is 16.8. The number of nitrogens with zero attached hydrogens (tertiary/aromatic N) is 12. The molecule has 0 spiro atoms. The third-order valence-corrected chi connectivity index (χ3v) is 10.9. The van der Waals surface area contributed by atoms with Gasteiger partial charge in [0.1, 0.15) is 29.7 Å². The zero-order valence-corrected chi connectivity index (χ0v) is 33.9. The van der Waals surface area contributed by atoms with Gasteiger partial charge in [0.15, 0.2) is 22.6 Å². The van der Waals surface area contributed by atoms with E-state index in [4.69, 9.17) is 24.4 Å². The maximum atomic E-state index is 13.4. The average molecular weight is 806 g/mol. The van der Waals surface area contributed by atoms with Crippen LogP contribution in [0.25, 0.3) is 16.8 Å². The number of rotatable bonds is 16. The van der Waals surface area contributed by atoms with Gasteiger partial charge in [0.05, 0.1) is 25.8 Å². The lowest BCUT2D eigenvalue weighted by Gasteiger charge is -2.36. The number of imidazole rings is 1. The highest BCUT2D eigenvalue weighted by atomic mass is 16.5. The van der Waals surface area contributed by atoms with Gasteiger partial charge in [0, 0.05) is 94.1 Å². The summed E-state index contributed by atoms with van der Waals surface area (Å²) in [5, 5.41) is 28.7. The number of carbonyl (C=O) groups is 1. The van der Waals surface area contributed by atoms with Crippen molar-refractivity contribution < 1.29 is 19.4 Å². The van der Waals surface area contributed by atoms with Crippen LogP contribution in [0.1, 0.15) is 50.2 Å². The highest BCUT2D eigenvalue weighted by Crippen LogP contribution is 2.32. The molecule has 1 amide bonds. The lowest BCUT2D eigenvalue weighted by atomic mass is 9.99. The Bertz CT molecular complexity index is 2460. The fraction of sp³-hybridized carbons (Fsp3) is 0.450. The average Bonchev–Trinajstić information content (AvgIpc) is 4.06. The van der Waals surface area contributed by atoms with E-state index in [1.54, 1.807) is 36.6 Å². The first-order valence-corrected chi connectivity index (χ1v) is 20.0. The van der Waals surface area contributed by atoms with Crippen LogP contribution in [0.4, 0.5) is 29.1 Å². The maximum Gasteiger partial charge on any atom is 0.256 e. The number of piperidine rings is 1. The molecule has 8 heterocycles. The predicted octanol–water partition coefficient (Wildman–Crippen LogP) is 3.53. The van der Waals surface area contributed by atoms with Crippen LogP contribution in [0.15, 0.2) is 55.4 Å². The van der Waals surface area contributed by atoms with Gasteiger partial charge in [-0.3, -0.25) is 14.5 Å². The van der Waals surface area contributed by atoms with E-state index in [0.29, 0.717) is 78.3 Å². The van der Waals surface area contributed by atoms with E-state index < -0.39 is 0 Å². The summed E-state index contributed by atoms with van der Waals surface area (Å²) in [6.07, 6.45) is 14.2. The molecular formula is C40H51N15O4. The van der Waals surface area contributed by atoms with Crippen molar-refractivity contribution in [1.82, 2.24) is 54.2 Å². The number of aryl methyl sites for hydroxylation is 3. The quantitative estimate of drug-likeness (QED) is 0.103.